The summed E-state index contributed by atoms with van der Waals surface area (Å²) < 4.78 is 10.7. The minimum absolute atomic E-state index is 0.402. The van der Waals surface area contributed by atoms with Crippen molar-refractivity contribution >= 4 is 17.2 Å². The molecule has 0 radical (unpaired) electrons. The number of methoxy groups -OCH3 is 1. The number of hydrogen-bond acceptors (Lipinski definition) is 6. The first-order valence-corrected chi connectivity index (χ1v) is 6.80. The van der Waals surface area contributed by atoms with E-state index in [0.29, 0.717) is 24.0 Å². The first kappa shape index (κ1) is 14.9. The zero-order chi connectivity index (χ0) is 15.2. The van der Waals surface area contributed by atoms with Crippen molar-refractivity contribution < 1.29 is 9.47 Å². The van der Waals surface area contributed by atoms with Crippen molar-refractivity contribution in [1.82, 2.24) is 9.97 Å². The Balaban J connectivity index is 2.21. The van der Waals surface area contributed by atoms with Gasteiger partial charge in [0, 0.05) is 5.69 Å². The highest BCUT2D eigenvalue weighted by Gasteiger charge is 2.10. The molecule has 0 unspecified atom stereocenters. The lowest BCUT2D eigenvalue weighted by atomic mass is 10.2. The van der Waals surface area contributed by atoms with E-state index in [1.165, 1.54) is 6.33 Å². The van der Waals surface area contributed by atoms with Crippen molar-refractivity contribution in [3.8, 4) is 11.6 Å². The van der Waals surface area contributed by atoms with E-state index in [1.807, 2.05) is 32.0 Å². The van der Waals surface area contributed by atoms with Crippen LogP contribution in [-0.2, 0) is 0 Å². The van der Waals surface area contributed by atoms with Gasteiger partial charge in [-0.15, -0.1) is 0 Å². The fourth-order valence-corrected chi connectivity index (χ4v) is 1.89. The van der Waals surface area contributed by atoms with E-state index in [-0.39, 0.29) is 0 Å². The Labute approximate surface area is 124 Å². The topological polar surface area (TPSA) is 82.3 Å². The molecule has 0 atom stereocenters. The second-order valence-corrected chi connectivity index (χ2v) is 4.60. The van der Waals surface area contributed by atoms with Gasteiger partial charge in [-0.25, -0.2) is 4.98 Å². The maximum absolute atomic E-state index is 6.03. The van der Waals surface area contributed by atoms with E-state index in [0.717, 1.165) is 23.4 Å². The number of rotatable bonds is 6. The fourth-order valence-electron chi connectivity index (χ4n) is 1.89. The molecular formula is C15H20N4O2. The predicted octanol–water partition coefficient (Wildman–Crippen LogP) is 2.91. The van der Waals surface area contributed by atoms with Gasteiger partial charge in [0.2, 0.25) is 5.88 Å². The molecule has 6 nitrogen and oxygen atoms in total. The number of aryl methyl sites for hydroxylation is 1. The predicted molar refractivity (Wildman–Crippen MR) is 83.2 cm³/mol. The van der Waals surface area contributed by atoms with Crippen molar-refractivity contribution in [2.45, 2.75) is 20.3 Å². The molecule has 0 saturated carbocycles. The zero-order valence-corrected chi connectivity index (χ0v) is 12.5. The molecule has 1 aromatic heterocycles. The average Bonchev–Trinajstić information content (AvgIpc) is 2.48. The van der Waals surface area contributed by atoms with E-state index in [9.17, 15) is 0 Å². The molecule has 0 spiro atoms. The number of nitrogens with two attached hydrogens (primary N) is 1. The van der Waals surface area contributed by atoms with Crippen LogP contribution in [0.4, 0.5) is 17.2 Å². The van der Waals surface area contributed by atoms with Gasteiger partial charge in [-0.2, -0.15) is 4.98 Å². The molecule has 3 N–H and O–H groups in total. The molecule has 6 heteroatoms. The van der Waals surface area contributed by atoms with Crippen LogP contribution < -0.4 is 20.5 Å². The summed E-state index contributed by atoms with van der Waals surface area (Å²) in [6.07, 6.45) is 2.32. The third-order valence-corrected chi connectivity index (χ3v) is 2.95. The van der Waals surface area contributed by atoms with Gasteiger partial charge < -0.3 is 20.5 Å². The van der Waals surface area contributed by atoms with E-state index in [1.54, 1.807) is 7.11 Å². The number of benzene rings is 1. The van der Waals surface area contributed by atoms with Gasteiger partial charge >= 0.3 is 0 Å². The number of nitrogen functional groups attached to an aromatic ring is 1. The Bertz CT molecular complexity index is 617. The number of anilines is 3. The summed E-state index contributed by atoms with van der Waals surface area (Å²) in [5.74, 6) is 1.77. The van der Waals surface area contributed by atoms with Gasteiger partial charge in [0.05, 0.1) is 13.7 Å². The number of aromatic nitrogens is 2. The van der Waals surface area contributed by atoms with Crippen molar-refractivity contribution in [2.75, 3.05) is 24.8 Å². The van der Waals surface area contributed by atoms with E-state index in [4.69, 9.17) is 15.2 Å². The summed E-state index contributed by atoms with van der Waals surface area (Å²) >= 11 is 0. The van der Waals surface area contributed by atoms with Gasteiger partial charge in [0.15, 0.2) is 5.82 Å². The third kappa shape index (κ3) is 3.53. The summed E-state index contributed by atoms with van der Waals surface area (Å²) in [4.78, 5) is 8.20. The maximum atomic E-state index is 6.03. The Kier molecular flexibility index (Phi) is 4.81. The minimum Gasteiger partial charge on any atom is -0.496 e. The lowest BCUT2D eigenvalue weighted by molar-refractivity contribution is 0.307. The van der Waals surface area contributed by atoms with Crippen molar-refractivity contribution in [3.63, 3.8) is 0 Å². The van der Waals surface area contributed by atoms with Gasteiger partial charge in [0.1, 0.15) is 17.8 Å². The highest BCUT2D eigenvalue weighted by molar-refractivity contribution is 5.72. The van der Waals surface area contributed by atoms with E-state index in [2.05, 4.69) is 15.3 Å². The molecule has 2 aromatic rings. The Morgan fingerprint density at radius 3 is 2.76 bits per heavy atom. The molecule has 112 valence electrons. The third-order valence-electron chi connectivity index (χ3n) is 2.95. The highest BCUT2D eigenvalue weighted by Crippen LogP contribution is 2.29. The Morgan fingerprint density at radius 1 is 1.29 bits per heavy atom. The second kappa shape index (κ2) is 6.78. The lowest BCUT2D eigenvalue weighted by Gasteiger charge is -2.12. The van der Waals surface area contributed by atoms with E-state index < -0.39 is 0 Å². The fraction of sp³-hybridized carbons (Fsp3) is 0.333. The lowest BCUT2D eigenvalue weighted by Crippen LogP contribution is -2.06. The van der Waals surface area contributed by atoms with Gasteiger partial charge in [-0.05, 0) is 37.1 Å². The van der Waals surface area contributed by atoms with Gasteiger partial charge in [-0.3, -0.25) is 0 Å². The first-order valence-electron chi connectivity index (χ1n) is 6.80. The molecule has 0 amide bonds. The molecule has 21 heavy (non-hydrogen) atoms. The Hall–Kier alpha value is -2.50. The molecule has 0 aliphatic rings. The molecule has 1 heterocycles. The molecule has 0 aliphatic heterocycles. The van der Waals surface area contributed by atoms with Crippen LogP contribution in [0.1, 0.15) is 18.9 Å². The quantitative estimate of drug-likeness (QED) is 0.850. The molecule has 0 aliphatic carbocycles. The van der Waals surface area contributed by atoms with Crippen LogP contribution in [0.2, 0.25) is 0 Å². The average molecular weight is 288 g/mol. The SMILES string of the molecule is CCCOc1ncnc(Nc2ccc(OC)c(C)c2)c1N. The van der Waals surface area contributed by atoms with Crippen LogP contribution in [0.3, 0.4) is 0 Å². The van der Waals surface area contributed by atoms with Crippen LogP contribution in [0.25, 0.3) is 0 Å². The molecule has 0 saturated heterocycles. The number of nitrogens with zero attached hydrogens (tertiary/aromatic N) is 2. The summed E-state index contributed by atoms with van der Waals surface area (Å²) in [5.41, 5.74) is 8.33. The highest BCUT2D eigenvalue weighted by atomic mass is 16.5. The summed E-state index contributed by atoms with van der Waals surface area (Å²) in [7, 11) is 1.65. The molecule has 0 fully saturated rings. The van der Waals surface area contributed by atoms with Crippen LogP contribution >= 0.6 is 0 Å². The normalized spacial score (nSPS) is 10.2. The molecule has 1 aromatic carbocycles. The summed E-state index contributed by atoms with van der Waals surface area (Å²) in [5, 5.41) is 3.17. The van der Waals surface area contributed by atoms with Crippen molar-refractivity contribution in [1.29, 1.82) is 0 Å². The summed E-state index contributed by atoms with van der Waals surface area (Å²) in [6, 6.07) is 5.76. The van der Waals surface area contributed by atoms with Crippen LogP contribution in [0.15, 0.2) is 24.5 Å². The van der Waals surface area contributed by atoms with E-state index >= 15 is 0 Å². The maximum Gasteiger partial charge on any atom is 0.242 e. The van der Waals surface area contributed by atoms with Crippen LogP contribution in [-0.4, -0.2) is 23.7 Å². The molecule has 0 bridgehead atoms. The molecule has 2 rings (SSSR count). The van der Waals surface area contributed by atoms with Gasteiger partial charge in [-0.1, -0.05) is 6.92 Å². The van der Waals surface area contributed by atoms with Crippen LogP contribution in [0, 0.1) is 6.92 Å². The van der Waals surface area contributed by atoms with Crippen molar-refractivity contribution in [2.24, 2.45) is 0 Å². The zero-order valence-electron chi connectivity index (χ0n) is 12.5. The number of ether oxygens (including phenoxy) is 2. The molecular weight excluding hydrogens is 268 g/mol. The summed E-state index contributed by atoms with van der Waals surface area (Å²) in [6.45, 7) is 4.57. The first-order chi connectivity index (χ1) is 10.2. The largest absolute Gasteiger partial charge is 0.496 e. The number of nitrogens with one attached hydrogen (secondary N) is 1. The smallest absolute Gasteiger partial charge is 0.242 e. The van der Waals surface area contributed by atoms with Crippen LogP contribution in [0.5, 0.6) is 11.6 Å². The minimum atomic E-state index is 0.402. The Morgan fingerprint density at radius 2 is 2.10 bits per heavy atom. The monoisotopic (exact) mass is 288 g/mol. The standard InChI is InChI=1S/C15H20N4O2/c1-4-7-21-15-13(16)14(17-9-18-15)19-11-5-6-12(20-3)10(2)8-11/h5-6,8-9H,4,7,16H2,1-3H3,(H,17,18,19). The van der Waals surface area contributed by atoms with Crippen molar-refractivity contribution in [3.05, 3.63) is 30.1 Å². The van der Waals surface area contributed by atoms with Gasteiger partial charge in [0.25, 0.3) is 0 Å². The second-order valence-electron chi connectivity index (χ2n) is 4.60. The number of hydrogen-bond donors (Lipinski definition) is 2.